The molecule has 1 saturated heterocycles. The normalized spacial score (nSPS) is 39.1. The van der Waals surface area contributed by atoms with Gasteiger partial charge in [0.05, 0.1) is 6.61 Å². The molecule has 0 radical (unpaired) electrons. The number of cyclic esters (lactones) is 2. The Kier molecular flexibility index (Phi) is 5.99. The number of hydrogen-bond donors (Lipinski definition) is 0. The molecule has 0 amide bonds. The second kappa shape index (κ2) is 7.65. The summed E-state index contributed by atoms with van der Waals surface area (Å²) in [5.74, 6) is -4.38. The van der Waals surface area contributed by atoms with E-state index in [4.69, 9.17) is 28.4 Å². The number of allylic oxidation sites excluding steroid dienone is 1. The molecule has 1 fully saturated rings. The molecule has 140 valence electrons. The van der Waals surface area contributed by atoms with E-state index in [9.17, 15) is 9.59 Å². The van der Waals surface area contributed by atoms with Crippen LogP contribution < -0.4 is 0 Å². The maximum Gasteiger partial charge on any atom is 0.339 e. The van der Waals surface area contributed by atoms with Gasteiger partial charge >= 0.3 is 11.9 Å². The van der Waals surface area contributed by atoms with Gasteiger partial charge in [0.2, 0.25) is 11.6 Å². The minimum atomic E-state index is -1.44. The van der Waals surface area contributed by atoms with E-state index in [1.54, 1.807) is 26.0 Å². The Hall–Kier alpha value is -1.74. The maximum atomic E-state index is 12.4. The molecule has 25 heavy (non-hydrogen) atoms. The average Bonchev–Trinajstić information content (AvgIpc) is 2.63. The number of methoxy groups -OCH3 is 2. The summed E-state index contributed by atoms with van der Waals surface area (Å²) in [4.78, 5) is 24.9. The van der Waals surface area contributed by atoms with Gasteiger partial charge in [0.1, 0.15) is 6.61 Å². The molecule has 8 nitrogen and oxygen atoms in total. The van der Waals surface area contributed by atoms with E-state index >= 15 is 0 Å². The summed E-state index contributed by atoms with van der Waals surface area (Å²) < 4.78 is 32.6. The second-order valence-corrected chi connectivity index (χ2v) is 5.91. The van der Waals surface area contributed by atoms with Crippen molar-refractivity contribution in [3.05, 3.63) is 24.3 Å². The number of hydrogen-bond acceptors (Lipinski definition) is 8. The lowest BCUT2D eigenvalue weighted by atomic mass is 10.0. The van der Waals surface area contributed by atoms with Gasteiger partial charge in [0.15, 0.2) is 12.2 Å². The van der Waals surface area contributed by atoms with Crippen LogP contribution in [0.3, 0.4) is 0 Å². The summed E-state index contributed by atoms with van der Waals surface area (Å²) in [5.41, 5.74) is 0.802. The zero-order valence-electron chi connectivity index (χ0n) is 14.9. The molecular weight excluding hydrogens is 332 g/mol. The molecule has 0 saturated carbocycles. The first-order valence-electron chi connectivity index (χ1n) is 7.91. The predicted molar refractivity (Wildman–Crippen MR) is 85.4 cm³/mol. The van der Waals surface area contributed by atoms with Crippen molar-refractivity contribution in [1.82, 2.24) is 0 Å². The third kappa shape index (κ3) is 3.77. The van der Waals surface area contributed by atoms with Crippen molar-refractivity contribution in [2.45, 2.75) is 44.1 Å². The van der Waals surface area contributed by atoms with E-state index in [-0.39, 0.29) is 13.2 Å². The maximum absolute atomic E-state index is 12.4. The van der Waals surface area contributed by atoms with Gasteiger partial charge in [-0.2, -0.15) is 0 Å². The molecule has 0 aliphatic carbocycles. The third-order valence-corrected chi connectivity index (χ3v) is 4.52. The minimum Gasteiger partial charge on any atom is -0.463 e. The molecule has 2 aliphatic rings. The molecule has 4 atom stereocenters. The first-order chi connectivity index (χ1) is 11.8. The Morgan fingerprint density at radius 2 is 1.60 bits per heavy atom. The van der Waals surface area contributed by atoms with Gasteiger partial charge < -0.3 is 28.4 Å². The van der Waals surface area contributed by atoms with Crippen molar-refractivity contribution < 1.29 is 38.0 Å². The smallest absolute Gasteiger partial charge is 0.339 e. The Morgan fingerprint density at radius 3 is 2.08 bits per heavy atom. The fourth-order valence-electron chi connectivity index (χ4n) is 2.58. The van der Waals surface area contributed by atoms with Gasteiger partial charge in [-0.1, -0.05) is 12.7 Å². The summed E-state index contributed by atoms with van der Waals surface area (Å²) in [6.07, 6.45) is 1.06. The molecule has 8 heteroatoms. The van der Waals surface area contributed by atoms with Crippen molar-refractivity contribution in [2.75, 3.05) is 27.4 Å². The molecule has 0 N–H and O–H groups in total. The summed E-state index contributed by atoms with van der Waals surface area (Å²) in [6, 6.07) is 0. The Morgan fingerprint density at radius 1 is 1.08 bits per heavy atom. The Labute approximate surface area is 146 Å². The molecule has 2 aliphatic heterocycles. The van der Waals surface area contributed by atoms with Gasteiger partial charge in [-0.3, -0.25) is 0 Å². The van der Waals surface area contributed by atoms with Crippen molar-refractivity contribution in [1.29, 1.82) is 0 Å². The van der Waals surface area contributed by atoms with E-state index in [1.165, 1.54) is 14.2 Å². The fraction of sp³-hybridized carbons (Fsp3) is 0.647. The summed E-state index contributed by atoms with van der Waals surface area (Å²) >= 11 is 0. The van der Waals surface area contributed by atoms with Crippen LogP contribution in [-0.2, 0) is 38.0 Å². The average molecular weight is 356 g/mol. The Balaban J connectivity index is 2.34. The van der Waals surface area contributed by atoms with Crippen LogP contribution in [0, 0.1) is 0 Å². The van der Waals surface area contributed by atoms with Crippen LogP contribution in [0.5, 0.6) is 0 Å². The topological polar surface area (TPSA) is 89.5 Å². The van der Waals surface area contributed by atoms with E-state index in [0.717, 1.165) is 5.57 Å². The number of fused-ring (bicyclic) bond motifs is 1. The molecule has 0 spiro atoms. The van der Waals surface area contributed by atoms with E-state index in [1.807, 2.05) is 0 Å². The first kappa shape index (κ1) is 19.6. The van der Waals surface area contributed by atoms with Crippen molar-refractivity contribution in [2.24, 2.45) is 0 Å². The van der Waals surface area contributed by atoms with Crippen LogP contribution in [0.1, 0.15) is 20.3 Å². The highest BCUT2D eigenvalue weighted by Gasteiger charge is 2.60. The molecule has 2 heterocycles. The molecule has 0 aromatic heterocycles. The van der Waals surface area contributed by atoms with Crippen LogP contribution in [0.2, 0.25) is 0 Å². The van der Waals surface area contributed by atoms with Gasteiger partial charge in [0.25, 0.3) is 0 Å². The Bertz CT molecular complexity index is 571. The number of carbonyl (C=O) groups is 2. The first-order valence-corrected chi connectivity index (χ1v) is 7.91. The summed E-state index contributed by atoms with van der Waals surface area (Å²) in [5, 5.41) is 0. The van der Waals surface area contributed by atoms with Gasteiger partial charge in [0, 0.05) is 20.6 Å². The highest BCUT2D eigenvalue weighted by atomic mass is 16.8. The third-order valence-electron chi connectivity index (χ3n) is 4.52. The molecule has 0 aromatic carbocycles. The second-order valence-electron chi connectivity index (χ2n) is 5.91. The molecular formula is C17H24O8. The van der Waals surface area contributed by atoms with Crippen LogP contribution >= 0.6 is 0 Å². The highest BCUT2D eigenvalue weighted by molar-refractivity contribution is 5.86. The monoisotopic (exact) mass is 356 g/mol. The van der Waals surface area contributed by atoms with E-state index in [0.29, 0.717) is 6.42 Å². The number of ether oxygens (including phenoxy) is 6. The summed E-state index contributed by atoms with van der Waals surface area (Å²) in [7, 11) is 2.77. The lowest BCUT2D eigenvalue weighted by molar-refractivity contribution is -0.439. The summed E-state index contributed by atoms with van der Waals surface area (Å²) in [6.45, 7) is 6.90. The van der Waals surface area contributed by atoms with Crippen LogP contribution in [-0.4, -0.2) is 63.2 Å². The number of esters is 2. The van der Waals surface area contributed by atoms with Crippen LogP contribution in [0.4, 0.5) is 0 Å². The number of carbonyl (C=O) groups excluding carboxylic acids is 2. The zero-order valence-corrected chi connectivity index (χ0v) is 14.9. The SMILES string of the molecule is C=C/C1=C/COC(=O)C2OC(C)(OC)C(C)(OC)OC2C(=O)OCC1. The van der Waals surface area contributed by atoms with Crippen molar-refractivity contribution in [3.8, 4) is 0 Å². The van der Waals surface area contributed by atoms with Crippen molar-refractivity contribution in [3.63, 3.8) is 0 Å². The lowest BCUT2D eigenvalue weighted by Crippen LogP contribution is -2.68. The standard InChI is InChI=1S/C17H24O8/c1-6-11-7-9-22-14(18)12-13(15(19)23-10-8-11)25-17(3,21-5)16(2,20-4)24-12/h6-7,12-13H,1,8-10H2,2-5H3/b11-7-. The van der Waals surface area contributed by atoms with Gasteiger partial charge in [-0.05, 0) is 25.5 Å². The van der Waals surface area contributed by atoms with E-state index < -0.39 is 35.7 Å². The molecule has 0 bridgehead atoms. The molecule has 0 aromatic rings. The van der Waals surface area contributed by atoms with Crippen LogP contribution in [0.15, 0.2) is 24.3 Å². The van der Waals surface area contributed by atoms with Crippen LogP contribution in [0.25, 0.3) is 0 Å². The molecule has 4 unspecified atom stereocenters. The molecule has 2 rings (SSSR count). The largest absolute Gasteiger partial charge is 0.463 e. The van der Waals surface area contributed by atoms with Gasteiger partial charge in [-0.15, -0.1) is 0 Å². The van der Waals surface area contributed by atoms with Gasteiger partial charge in [-0.25, -0.2) is 9.59 Å². The lowest BCUT2D eigenvalue weighted by Gasteiger charge is -2.50. The minimum absolute atomic E-state index is 0.0200. The zero-order chi connectivity index (χ0) is 18.7. The fourth-order valence-corrected chi connectivity index (χ4v) is 2.58. The van der Waals surface area contributed by atoms with E-state index in [2.05, 4.69) is 6.58 Å². The predicted octanol–water partition coefficient (Wildman–Crippen LogP) is 1.10. The quantitative estimate of drug-likeness (QED) is 0.695. The van der Waals surface area contributed by atoms with Crippen molar-refractivity contribution >= 4 is 11.9 Å². The highest BCUT2D eigenvalue weighted by Crippen LogP contribution is 2.39. The number of rotatable bonds is 3.